The fourth-order valence-electron chi connectivity index (χ4n) is 4.06. The van der Waals surface area contributed by atoms with E-state index in [1.54, 1.807) is 49.6 Å². The smallest absolute Gasteiger partial charge is 0.541 e. The Balaban J connectivity index is 0.00000387. The van der Waals surface area contributed by atoms with Crippen molar-refractivity contribution in [2.75, 3.05) is 7.11 Å². The first-order chi connectivity index (χ1) is 19.2. The van der Waals surface area contributed by atoms with Crippen molar-refractivity contribution in [3.05, 3.63) is 111 Å². The third kappa shape index (κ3) is 7.46. The van der Waals surface area contributed by atoms with Crippen LogP contribution in [-0.2, 0) is 26.0 Å². The maximum atomic E-state index is 12.6. The van der Waals surface area contributed by atoms with Crippen LogP contribution in [0.4, 0.5) is 5.69 Å². The van der Waals surface area contributed by atoms with Crippen LogP contribution in [0, 0.1) is 6.92 Å². The first-order valence-electron chi connectivity index (χ1n) is 12.2. The Labute approximate surface area is 264 Å². The Hall–Kier alpha value is -3.41. The van der Waals surface area contributed by atoms with Gasteiger partial charge in [0.2, 0.25) is 0 Å². The maximum Gasteiger partial charge on any atom is 1.00 e. The van der Waals surface area contributed by atoms with Gasteiger partial charge in [-0.15, -0.1) is 0 Å². The Morgan fingerprint density at radius 3 is 2.32 bits per heavy atom. The molecule has 0 aromatic heterocycles. The van der Waals surface area contributed by atoms with E-state index in [4.69, 9.17) is 4.74 Å². The maximum absolute atomic E-state index is 12.6. The van der Waals surface area contributed by atoms with Crippen molar-refractivity contribution in [2.24, 2.45) is 4.99 Å². The average molecular weight is 594 g/mol. The number of amides is 2. The van der Waals surface area contributed by atoms with Gasteiger partial charge in [-0.05, 0) is 77.5 Å². The third-order valence-corrected chi connectivity index (χ3v) is 8.32. The molecule has 4 aromatic rings. The number of nitrogens with zero attached hydrogens (tertiary/aromatic N) is 2. The molecule has 0 unspecified atom stereocenters. The number of amidine groups is 1. The zero-order chi connectivity index (χ0) is 28.3. The molecule has 0 aliphatic carbocycles. The van der Waals surface area contributed by atoms with Gasteiger partial charge in [-0.2, -0.15) is 0 Å². The van der Waals surface area contributed by atoms with E-state index in [9.17, 15) is 18.0 Å². The molecule has 1 fully saturated rings. The van der Waals surface area contributed by atoms with Crippen LogP contribution >= 0.6 is 11.8 Å². The second-order valence-electron chi connectivity index (χ2n) is 9.04. The third-order valence-electron chi connectivity index (χ3n) is 6.10. The molecule has 1 N–H and O–H groups in total. The molecule has 1 heterocycles. The van der Waals surface area contributed by atoms with E-state index in [2.05, 4.69) is 15.0 Å². The molecule has 0 saturated carbocycles. The number of benzene rings is 4. The van der Waals surface area contributed by atoms with E-state index in [1.165, 1.54) is 23.9 Å². The fourth-order valence-corrected chi connectivity index (χ4v) is 5.81. The van der Waals surface area contributed by atoms with E-state index in [-0.39, 0.29) is 46.8 Å². The van der Waals surface area contributed by atoms with Crippen LogP contribution in [0.1, 0.15) is 16.7 Å². The summed E-state index contributed by atoms with van der Waals surface area (Å²) in [7, 11) is -2.48. The SMILES string of the molecule is COc1cc2ccccc2cc1C=C1SC(=Nc2ccc(CC(=O)[N-]S(=O)(=O)c3ccc(C)cc3)cc2)NC1=O.[Na+]. The fraction of sp³-hybridized carbons (Fsp3) is 0.100. The predicted molar refractivity (Wildman–Crippen MR) is 158 cm³/mol. The molecule has 1 saturated heterocycles. The number of ether oxygens (including phenoxy) is 1. The molecule has 41 heavy (non-hydrogen) atoms. The Bertz CT molecular complexity index is 1790. The zero-order valence-corrected chi connectivity index (χ0v) is 26.3. The van der Waals surface area contributed by atoms with Crippen LogP contribution in [0.2, 0.25) is 0 Å². The minimum atomic E-state index is -4.07. The number of sulfonamides is 1. The van der Waals surface area contributed by atoms with Crippen LogP contribution in [0.5, 0.6) is 5.75 Å². The first kappa shape index (κ1) is 30.5. The normalized spacial score (nSPS) is 15.0. The second-order valence-corrected chi connectivity index (χ2v) is 11.7. The topological polar surface area (TPSA) is 116 Å². The monoisotopic (exact) mass is 593 g/mol. The summed E-state index contributed by atoms with van der Waals surface area (Å²) in [6, 6.07) is 24.7. The predicted octanol–water partition coefficient (Wildman–Crippen LogP) is 2.88. The van der Waals surface area contributed by atoms with Crippen molar-refractivity contribution in [3.8, 4) is 5.75 Å². The molecule has 0 bridgehead atoms. The molecule has 8 nitrogen and oxygen atoms in total. The summed E-state index contributed by atoms with van der Waals surface area (Å²) >= 11 is 1.21. The Morgan fingerprint density at radius 1 is 1.00 bits per heavy atom. The number of fused-ring (bicyclic) bond motifs is 1. The molecular formula is C30H24N3NaO5S2. The molecule has 0 atom stereocenters. The molecular weight excluding hydrogens is 569 g/mol. The summed E-state index contributed by atoms with van der Waals surface area (Å²) in [5, 5.41) is 5.26. The van der Waals surface area contributed by atoms with Gasteiger partial charge in [0.05, 0.1) is 28.5 Å². The van der Waals surface area contributed by atoms with E-state index < -0.39 is 15.9 Å². The summed E-state index contributed by atoms with van der Waals surface area (Å²) in [6.07, 6.45) is 1.60. The molecule has 1 aliphatic rings. The number of carbonyl (C=O) groups is 2. The number of hydrogen-bond acceptors (Lipinski definition) is 7. The van der Waals surface area contributed by atoms with Gasteiger partial charge in [0.25, 0.3) is 5.91 Å². The second kappa shape index (κ2) is 13.1. The number of nitrogens with one attached hydrogen (secondary N) is 1. The molecule has 0 radical (unpaired) electrons. The van der Waals surface area contributed by atoms with Crippen molar-refractivity contribution in [3.63, 3.8) is 0 Å². The minimum Gasteiger partial charge on any atom is -0.541 e. The summed E-state index contributed by atoms with van der Waals surface area (Å²) < 4.78 is 33.8. The Morgan fingerprint density at radius 2 is 1.66 bits per heavy atom. The molecule has 1 aliphatic heterocycles. The van der Waals surface area contributed by atoms with Gasteiger partial charge >= 0.3 is 29.6 Å². The first-order valence-corrected chi connectivity index (χ1v) is 14.5. The summed E-state index contributed by atoms with van der Waals surface area (Å²) in [5.74, 6) is -0.372. The molecule has 5 rings (SSSR count). The molecule has 4 aromatic carbocycles. The summed E-state index contributed by atoms with van der Waals surface area (Å²) in [6.45, 7) is 1.84. The molecule has 11 heteroatoms. The van der Waals surface area contributed by atoms with Crippen molar-refractivity contribution in [1.29, 1.82) is 0 Å². The molecule has 2 amide bonds. The number of aryl methyl sites for hydroxylation is 1. The van der Waals surface area contributed by atoms with Gasteiger partial charge in [0.1, 0.15) is 15.8 Å². The summed E-state index contributed by atoms with van der Waals surface area (Å²) in [5.41, 5.74) is 2.84. The van der Waals surface area contributed by atoms with E-state index in [1.807, 2.05) is 43.3 Å². The average Bonchev–Trinajstić information content (AvgIpc) is 3.27. The van der Waals surface area contributed by atoms with E-state index >= 15 is 0 Å². The van der Waals surface area contributed by atoms with Crippen molar-refractivity contribution >= 4 is 61.3 Å². The van der Waals surface area contributed by atoms with Crippen LogP contribution in [0.25, 0.3) is 21.6 Å². The number of rotatable bonds is 7. The van der Waals surface area contributed by atoms with Crippen LogP contribution in [-0.4, -0.2) is 32.5 Å². The van der Waals surface area contributed by atoms with Gasteiger partial charge < -0.3 is 19.6 Å². The van der Waals surface area contributed by atoms with E-state index in [0.717, 1.165) is 21.9 Å². The Kier molecular flexibility index (Phi) is 9.72. The molecule has 202 valence electrons. The number of aliphatic imine (C=N–C) groups is 1. The van der Waals surface area contributed by atoms with Crippen molar-refractivity contribution in [1.82, 2.24) is 5.32 Å². The van der Waals surface area contributed by atoms with Gasteiger partial charge in [-0.3, -0.25) is 4.79 Å². The van der Waals surface area contributed by atoms with Crippen molar-refractivity contribution < 1.29 is 52.3 Å². The number of carbonyl (C=O) groups excluding carboxylic acids is 2. The number of methoxy groups -OCH3 is 1. The van der Waals surface area contributed by atoms with Gasteiger partial charge in [0, 0.05) is 12.0 Å². The van der Waals surface area contributed by atoms with Gasteiger partial charge in [0.15, 0.2) is 5.17 Å². The number of thioether (sulfide) groups is 1. The van der Waals surface area contributed by atoms with Gasteiger partial charge in [-0.25, -0.2) is 13.4 Å². The van der Waals surface area contributed by atoms with Crippen LogP contribution < -0.4 is 39.6 Å². The quantitative estimate of drug-likeness (QED) is 0.260. The van der Waals surface area contributed by atoms with Crippen LogP contribution in [0.3, 0.4) is 0 Å². The van der Waals surface area contributed by atoms with Crippen LogP contribution in [0.15, 0.2) is 99.7 Å². The standard InChI is InChI=1S/C30H25N3O5S2.Na/c1-19-7-13-25(14-8-19)40(36,37)33-28(34)15-20-9-11-24(12-10-20)31-30-32-29(35)27(39-30)18-23-16-21-5-3-4-6-22(21)17-26(23)38-2;/h3-14,16-18H,15H2,1-2H3,(H2,31,32,33,34,35);/q;+1/p-1. The summed E-state index contributed by atoms with van der Waals surface area (Å²) in [4.78, 5) is 29.9. The number of hydrogen-bond donors (Lipinski definition) is 1. The largest absolute Gasteiger partial charge is 1.00 e. The van der Waals surface area contributed by atoms with Gasteiger partial charge in [-0.1, -0.05) is 54.1 Å². The van der Waals surface area contributed by atoms with E-state index in [0.29, 0.717) is 27.1 Å². The zero-order valence-electron chi connectivity index (χ0n) is 22.6. The van der Waals surface area contributed by atoms with Crippen molar-refractivity contribution in [2.45, 2.75) is 18.2 Å². The molecule has 0 spiro atoms. The minimum absolute atomic E-state index is 0.